The number of imidazole rings is 1. The van der Waals surface area contributed by atoms with Crippen molar-refractivity contribution in [3.8, 4) is 0 Å². The summed E-state index contributed by atoms with van der Waals surface area (Å²) < 4.78 is 0.169. The molecule has 1 amide bonds. The van der Waals surface area contributed by atoms with Crippen LogP contribution in [-0.4, -0.2) is 20.8 Å². The number of hydrogen-bond acceptors (Lipinski definition) is 4. The molecule has 2 N–H and O–H groups in total. The molecule has 1 aromatic carbocycles. The van der Waals surface area contributed by atoms with Gasteiger partial charge in [-0.05, 0) is 22.0 Å². The fourth-order valence-corrected chi connectivity index (χ4v) is 2.08. The lowest BCUT2D eigenvalue weighted by atomic mass is 10.2. The smallest absolute Gasteiger partial charge is 0.284 e. The zero-order valence-electron chi connectivity index (χ0n) is 9.59. The van der Waals surface area contributed by atoms with E-state index in [0.29, 0.717) is 0 Å². The number of hydrogen-bond donors (Lipinski definition) is 2. The van der Waals surface area contributed by atoms with E-state index >= 15 is 0 Å². The van der Waals surface area contributed by atoms with Gasteiger partial charge in [-0.1, -0.05) is 6.07 Å². The quantitative estimate of drug-likeness (QED) is 0.663. The molecule has 1 aromatic heterocycles. The maximum atomic E-state index is 11.9. The summed E-state index contributed by atoms with van der Waals surface area (Å²) in [7, 11) is 0. The van der Waals surface area contributed by atoms with E-state index in [0.717, 1.165) is 5.69 Å². The number of benzene rings is 1. The number of H-pyrrole nitrogens is 1. The molecule has 0 saturated heterocycles. The second-order valence-electron chi connectivity index (χ2n) is 3.66. The van der Waals surface area contributed by atoms with Crippen LogP contribution in [0.25, 0.3) is 0 Å². The van der Waals surface area contributed by atoms with E-state index in [9.17, 15) is 14.9 Å². The lowest BCUT2D eigenvalue weighted by Gasteiger charge is -2.06. The first kappa shape index (κ1) is 13.2. The Hall–Kier alpha value is -2.22. The Morgan fingerprint density at radius 3 is 2.95 bits per heavy atom. The van der Waals surface area contributed by atoms with Gasteiger partial charge in [-0.3, -0.25) is 14.9 Å². The first-order chi connectivity index (χ1) is 9.09. The van der Waals surface area contributed by atoms with Crippen molar-refractivity contribution in [3.63, 3.8) is 0 Å². The normalized spacial score (nSPS) is 10.2. The summed E-state index contributed by atoms with van der Waals surface area (Å²) in [5.41, 5.74) is 0.817. The summed E-state index contributed by atoms with van der Waals surface area (Å²) in [4.78, 5) is 28.8. The van der Waals surface area contributed by atoms with E-state index in [-0.39, 0.29) is 22.3 Å². The average molecular weight is 325 g/mol. The van der Waals surface area contributed by atoms with Crippen molar-refractivity contribution in [2.75, 3.05) is 0 Å². The van der Waals surface area contributed by atoms with Crippen molar-refractivity contribution in [2.24, 2.45) is 0 Å². The van der Waals surface area contributed by atoms with Gasteiger partial charge in [0.2, 0.25) is 0 Å². The van der Waals surface area contributed by atoms with Crippen LogP contribution in [0.4, 0.5) is 5.69 Å². The topological polar surface area (TPSA) is 101 Å². The number of nitrogens with one attached hydrogen (secondary N) is 2. The lowest BCUT2D eigenvalue weighted by Crippen LogP contribution is -2.23. The summed E-state index contributed by atoms with van der Waals surface area (Å²) in [5, 5.41) is 13.4. The molecule has 0 radical (unpaired) electrons. The van der Waals surface area contributed by atoms with Crippen LogP contribution in [0.2, 0.25) is 0 Å². The molecule has 0 saturated carbocycles. The van der Waals surface area contributed by atoms with Gasteiger partial charge < -0.3 is 10.3 Å². The van der Waals surface area contributed by atoms with Crippen LogP contribution in [0.3, 0.4) is 0 Å². The van der Waals surface area contributed by atoms with E-state index in [1.165, 1.54) is 24.5 Å². The van der Waals surface area contributed by atoms with E-state index in [1.54, 1.807) is 6.20 Å². The van der Waals surface area contributed by atoms with Crippen LogP contribution < -0.4 is 5.32 Å². The van der Waals surface area contributed by atoms with Gasteiger partial charge >= 0.3 is 0 Å². The fraction of sp³-hybridized carbons (Fsp3) is 0.0909. The van der Waals surface area contributed by atoms with Crippen LogP contribution in [0.5, 0.6) is 0 Å². The van der Waals surface area contributed by atoms with Gasteiger partial charge in [-0.2, -0.15) is 0 Å². The first-order valence-electron chi connectivity index (χ1n) is 5.28. The molecule has 0 fully saturated rings. The average Bonchev–Trinajstić information content (AvgIpc) is 2.89. The summed E-state index contributed by atoms with van der Waals surface area (Å²) in [6.45, 7) is 0.272. The van der Waals surface area contributed by atoms with Gasteiger partial charge in [0.25, 0.3) is 11.6 Å². The second kappa shape index (κ2) is 5.61. The van der Waals surface area contributed by atoms with Gasteiger partial charge in [0.15, 0.2) is 0 Å². The number of carbonyl (C=O) groups excluding carboxylic acids is 1. The SMILES string of the molecule is O=C(NCc1cnc[nH]1)c1cccc([N+](=O)[O-])c1Br. The highest BCUT2D eigenvalue weighted by Crippen LogP contribution is 2.28. The van der Waals surface area contributed by atoms with Gasteiger partial charge in [-0.15, -0.1) is 0 Å². The molecule has 8 heteroatoms. The van der Waals surface area contributed by atoms with Crippen molar-refractivity contribution < 1.29 is 9.72 Å². The molecule has 2 aromatic rings. The number of aromatic nitrogens is 2. The Balaban J connectivity index is 2.15. The van der Waals surface area contributed by atoms with Crippen LogP contribution in [0.1, 0.15) is 16.1 Å². The molecule has 1 heterocycles. The summed E-state index contributed by atoms with van der Waals surface area (Å²) >= 11 is 3.08. The second-order valence-corrected chi connectivity index (χ2v) is 4.45. The van der Waals surface area contributed by atoms with Crippen molar-refractivity contribution in [2.45, 2.75) is 6.54 Å². The van der Waals surface area contributed by atoms with Crippen LogP contribution in [-0.2, 0) is 6.54 Å². The van der Waals surface area contributed by atoms with Gasteiger partial charge in [-0.25, -0.2) is 4.98 Å². The van der Waals surface area contributed by atoms with E-state index in [2.05, 4.69) is 31.2 Å². The molecule has 19 heavy (non-hydrogen) atoms. The number of amides is 1. The highest BCUT2D eigenvalue weighted by Gasteiger charge is 2.19. The van der Waals surface area contributed by atoms with Crippen molar-refractivity contribution in [1.29, 1.82) is 0 Å². The van der Waals surface area contributed by atoms with Gasteiger partial charge in [0, 0.05) is 12.3 Å². The van der Waals surface area contributed by atoms with Crippen LogP contribution >= 0.6 is 15.9 Å². The van der Waals surface area contributed by atoms with Crippen LogP contribution in [0.15, 0.2) is 35.2 Å². The molecule has 0 unspecified atom stereocenters. The Morgan fingerprint density at radius 1 is 1.53 bits per heavy atom. The highest BCUT2D eigenvalue weighted by molar-refractivity contribution is 9.10. The Labute approximate surface area is 116 Å². The standard InChI is InChI=1S/C11H9BrN4O3/c12-10-8(2-1-3-9(10)16(18)19)11(17)14-5-7-4-13-6-15-7/h1-4,6H,5H2,(H,13,15)(H,14,17). The molecule has 0 bridgehead atoms. The molecule has 0 aliphatic rings. The molecule has 0 aliphatic heterocycles. The number of halogens is 1. The lowest BCUT2D eigenvalue weighted by molar-refractivity contribution is -0.385. The Kier molecular flexibility index (Phi) is 3.91. The molecule has 2 rings (SSSR count). The highest BCUT2D eigenvalue weighted by atomic mass is 79.9. The fourth-order valence-electron chi connectivity index (χ4n) is 1.49. The van der Waals surface area contributed by atoms with Crippen LogP contribution in [0, 0.1) is 10.1 Å². The summed E-state index contributed by atoms with van der Waals surface area (Å²) in [6, 6.07) is 4.31. The Morgan fingerprint density at radius 2 is 2.32 bits per heavy atom. The number of nitrogens with zero attached hydrogens (tertiary/aromatic N) is 2. The van der Waals surface area contributed by atoms with Crippen molar-refractivity contribution >= 4 is 27.5 Å². The largest absolute Gasteiger partial charge is 0.347 e. The zero-order valence-corrected chi connectivity index (χ0v) is 11.2. The molecule has 0 atom stereocenters. The molecular formula is C11H9BrN4O3. The summed E-state index contributed by atoms with van der Waals surface area (Å²) in [6.07, 6.45) is 3.09. The van der Waals surface area contributed by atoms with Gasteiger partial charge in [0.1, 0.15) is 4.47 Å². The van der Waals surface area contributed by atoms with Gasteiger partial charge in [0.05, 0.1) is 29.1 Å². The van der Waals surface area contributed by atoms with E-state index < -0.39 is 10.8 Å². The minimum absolute atomic E-state index is 0.144. The molecule has 0 spiro atoms. The minimum Gasteiger partial charge on any atom is -0.347 e. The van der Waals surface area contributed by atoms with E-state index in [1.807, 2.05) is 0 Å². The number of aromatic amines is 1. The van der Waals surface area contributed by atoms with Crippen molar-refractivity contribution in [3.05, 3.63) is 56.6 Å². The summed E-state index contributed by atoms with van der Waals surface area (Å²) in [5.74, 6) is -0.398. The predicted octanol–water partition coefficient (Wildman–Crippen LogP) is 2.01. The molecule has 98 valence electrons. The number of nitro groups is 1. The van der Waals surface area contributed by atoms with E-state index in [4.69, 9.17) is 0 Å². The third-order valence-corrected chi connectivity index (χ3v) is 3.25. The number of rotatable bonds is 4. The third-order valence-electron chi connectivity index (χ3n) is 2.41. The number of nitro benzene ring substituents is 1. The molecule has 0 aliphatic carbocycles. The number of carbonyl (C=O) groups is 1. The Bertz CT molecular complexity index is 612. The zero-order chi connectivity index (χ0) is 13.8. The maximum absolute atomic E-state index is 11.9. The molecule has 7 nitrogen and oxygen atoms in total. The first-order valence-corrected chi connectivity index (χ1v) is 6.07. The molecular weight excluding hydrogens is 316 g/mol. The monoisotopic (exact) mass is 324 g/mol. The minimum atomic E-state index is -0.546. The third kappa shape index (κ3) is 2.97. The predicted molar refractivity (Wildman–Crippen MR) is 70.6 cm³/mol. The maximum Gasteiger partial charge on any atom is 0.284 e. The van der Waals surface area contributed by atoms with Crippen molar-refractivity contribution in [1.82, 2.24) is 15.3 Å².